The maximum atomic E-state index is 11.4. The Morgan fingerprint density at radius 2 is 2.38 bits per heavy atom. The molecule has 0 atom stereocenters. The van der Waals surface area contributed by atoms with Crippen LogP contribution < -0.4 is 10.6 Å². The zero-order valence-electron chi connectivity index (χ0n) is 9.22. The maximum Gasteiger partial charge on any atom is 0.315 e. The number of hydrogen-bond acceptors (Lipinski definition) is 3. The van der Waals surface area contributed by atoms with Gasteiger partial charge in [-0.2, -0.15) is 0 Å². The largest absolute Gasteiger partial charge is 0.338 e. The lowest BCUT2D eigenvalue weighted by molar-refractivity contribution is 0.228. The zero-order chi connectivity index (χ0) is 11.2. The van der Waals surface area contributed by atoms with Crippen LogP contribution in [-0.2, 0) is 6.54 Å². The Kier molecular flexibility index (Phi) is 3.74. The average molecular weight is 223 g/mol. The summed E-state index contributed by atoms with van der Waals surface area (Å²) in [7, 11) is 0. The molecular formula is C10H17N5O. The predicted molar refractivity (Wildman–Crippen MR) is 58.8 cm³/mol. The fourth-order valence-corrected chi connectivity index (χ4v) is 1.58. The van der Waals surface area contributed by atoms with E-state index in [0.717, 1.165) is 25.8 Å². The molecule has 0 aliphatic heterocycles. The smallest absolute Gasteiger partial charge is 0.315 e. The van der Waals surface area contributed by atoms with Crippen LogP contribution in [0.15, 0.2) is 12.4 Å². The van der Waals surface area contributed by atoms with Crippen molar-refractivity contribution in [2.45, 2.75) is 38.3 Å². The van der Waals surface area contributed by atoms with Crippen molar-refractivity contribution in [3.63, 3.8) is 0 Å². The van der Waals surface area contributed by atoms with Gasteiger partial charge in [-0.05, 0) is 25.7 Å². The Bertz CT molecular complexity index is 320. The Labute approximate surface area is 94.4 Å². The lowest BCUT2D eigenvalue weighted by atomic mass is 9.93. The first-order chi connectivity index (χ1) is 7.84. The van der Waals surface area contributed by atoms with Crippen LogP contribution >= 0.6 is 0 Å². The van der Waals surface area contributed by atoms with Crippen molar-refractivity contribution >= 4 is 6.03 Å². The molecule has 6 nitrogen and oxygen atoms in total. The number of nitrogens with zero attached hydrogens (tertiary/aromatic N) is 3. The summed E-state index contributed by atoms with van der Waals surface area (Å²) in [6, 6.07) is 0.346. The minimum atomic E-state index is -0.0525. The average Bonchev–Trinajstić information content (AvgIpc) is 2.71. The van der Waals surface area contributed by atoms with Crippen LogP contribution in [-0.4, -0.2) is 33.6 Å². The Morgan fingerprint density at radius 3 is 3.00 bits per heavy atom. The van der Waals surface area contributed by atoms with Crippen LogP contribution in [0.4, 0.5) is 4.79 Å². The molecule has 0 spiro atoms. The van der Waals surface area contributed by atoms with Crippen molar-refractivity contribution in [3.8, 4) is 0 Å². The van der Waals surface area contributed by atoms with Gasteiger partial charge in [0.05, 0.1) is 6.20 Å². The molecule has 1 saturated carbocycles. The molecule has 0 saturated heterocycles. The lowest BCUT2D eigenvalue weighted by Crippen LogP contribution is -2.45. The summed E-state index contributed by atoms with van der Waals surface area (Å²) in [6.07, 6.45) is 7.79. The molecule has 88 valence electrons. The summed E-state index contributed by atoms with van der Waals surface area (Å²) in [5.74, 6) is 0. The molecule has 0 aromatic carbocycles. The topological polar surface area (TPSA) is 71.8 Å². The van der Waals surface area contributed by atoms with Gasteiger partial charge in [0.15, 0.2) is 0 Å². The highest BCUT2D eigenvalue weighted by molar-refractivity contribution is 5.74. The summed E-state index contributed by atoms with van der Waals surface area (Å²) in [5, 5.41) is 13.3. The van der Waals surface area contributed by atoms with E-state index >= 15 is 0 Å². The van der Waals surface area contributed by atoms with E-state index in [1.165, 1.54) is 6.42 Å². The molecule has 0 bridgehead atoms. The summed E-state index contributed by atoms with van der Waals surface area (Å²) < 4.78 is 1.76. The Hall–Kier alpha value is -1.59. The fraction of sp³-hybridized carbons (Fsp3) is 0.700. The third kappa shape index (κ3) is 3.22. The number of aromatic nitrogens is 3. The maximum absolute atomic E-state index is 11.4. The summed E-state index contributed by atoms with van der Waals surface area (Å²) in [4.78, 5) is 11.4. The van der Waals surface area contributed by atoms with Gasteiger partial charge in [-0.25, -0.2) is 4.79 Å². The summed E-state index contributed by atoms with van der Waals surface area (Å²) in [6.45, 7) is 1.45. The molecule has 1 aromatic rings. The van der Waals surface area contributed by atoms with E-state index in [9.17, 15) is 4.79 Å². The summed E-state index contributed by atoms with van der Waals surface area (Å²) in [5.41, 5.74) is 0. The van der Waals surface area contributed by atoms with Gasteiger partial charge in [-0.3, -0.25) is 4.68 Å². The van der Waals surface area contributed by atoms with Gasteiger partial charge in [0.25, 0.3) is 0 Å². The molecule has 1 aromatic heterocycles. The van der Waals surface area contributed by atoms with E-state index in [2.05, 4.69) is 20.9 Å². The molecular weight excluding hydrogens is 206 g/mol. The highest BCUT2D eigenvalue weighted by Crippen LogP contribution is 2.17. The molecule has 2 amide bonds. The molecule has 1 aliphatic rings. The van der Waals surface area contributed by atoms with E-state index in [-0.39, 0.29) is 6.03 Å². The van der Waals surface area contributed by atoms with Crippen LogP contribution in [0.3, 0.4) is 0 Å². The van der Waals surface area contributed by atoms with Gasteiger partial charge in [0.1, 0.15) is 0 Å². The number of carbonyl (C=O) groups is 1. The third-order valence-electron chi connectivity index (χ3n) is 2.76. The van der Waals surface area contributed by atoms with Crippen LogP contribution in [0.2, 0.25) is 0 Å². The van der Waals surface area contributed by atoms with Gasteiger partial charge < -0.3 is 10.6 Å². The van der Waals surface area contributed by atoms with E-state index < -0.39 is 0 Å². The van der Waals surface area contributed by atoms with Gasteiger partial charge in [0, 0.05) is 25.3 Å². The minimum Gasteiger partial charge on any atom is -0.338 e. The highest BCUT2D eigenvalue weighted by atomic mass is 16.2. The van der Waals surface area contributed by atoms with Crippen LogP contribution in [0.25, 0.3) is 0 Å². The molecule has 6 heteroatoms. The van der Waals surface area contributed by atoms with Gasteiger partial charge in [0.2, 0.25) is 0 Å². The number of aryl methyl sites for hydroxylation is 1. The third-order valence-corrected chi connectivity index (χ3v) is 2.76. The molecule has 1 aliphatic carbocycles. The Balaban J connectivity index is 1.52. The highest BCUT2D eigenvalue weighted by Gasteiger charge is 2.18. The number of nitrogens with one attached hydrogen (secondary N) is 2. The minimum absolute atomic E-state index is 0.0525. The van der Waals surface area contributed by atoms with Crippen LogP contribution in [0.5, 0.6) is 0 Å². The predicted octanol–water partition coefficient (Wildman–Crippen LogP) is 0.520. The molecule has 16 heavy (non-hydrogen) atoms. The van der Waals surface area contributed by atoms with Crippen molar-refractivity contribution in [3.05, 3.63) is 12.4 Å². The van der Waals surface area contributed by atoms with E-state index in [0.29, 0.717) is 12.6 Å². The number of rotatable bonds is 5. The normalized spacial score (nSPS) is 15.5. The van der Waals surface area contributed by atoms with Gasteiger partial charge >= 0.3 is 6.03 Å². The van der Waals surface area contributed by atoms with Gasteiger partial charge in [-0.15, -0.1) is 5.10 Å². The van der Waals surface area contributed by atoms with Crippen molar-refractivity contribution in [1.82, 2.24) is 25.6 Å². The number of amides is 2. The SMILES string of the molecule is O=C(NCCCn1ccnn1)NC1CCC1. The number of carbonyl (C=O) groups excluding carboxylic acids is 1. The standard InChI is InChI=1S/C10H17N5O/c16-10(13-9-3-1-4-9)11-5-2-7-15-8-6-12-14-15/h6,8-9H,1-5,7H2,(H2,11,13,16). The first-order valence-corrected chi connectivity index (χ1v) is 5.73. The second-order valence-electron chi connectivity index (χ2n) is 4.05. The quantitative estimate of drug-likeness (QED) is 0.715. The zero-order valence-corrected chi connectivity index (χ0v) is 9.22. The first kappa shape index (κ1) is 10.9. The molecule has 2 N–H and O–H groups in total. The van der Waals surface area contributed by atoms with Crippen LogP contribution in [0, 0.1) is 0 Å². The molecule has 1 fully saturated rings. The van der Waals surface area contributed by atoms with E-state index in [1.807, 2.05) is 6.20 Å². The monoisotopic (exact) mass is 223 g/mol. The summed E-state index contributed by atoms with van der Waals surface area (Å²) >= 11 is 0. The van der Waals surface area contributed by atoms with Crippen molar-refractivity contribution < 1.29 is 4.79 Å². The number of urea groups is 1. The lowest BCUT2D eigenvalue weighted by Gasteiger charge is -2.26. The molecule has 1 heterocycles. The molecule has 0 unspecified atom stereocenters. The Morgan fingerprint density at radius 1 is 1.50 bits per heavy atom. The fourth-order valence-electron chi connectivity index (χ4n) is 1.58. The van der Waals surface area contributed by atoms with E-state index in [1.54, 1.807) is 10.9 Å². The first-order valence-electron chi connectivity index (χ1n) is 5.73. The van der Waals surface area contributed by atoms with E-state index in [4.69, 9.17) is 0 Å². The van der Waals surface area contributed by atoms with Crippen molar-refractivity contribution in [1.29, 1.82) is 0 Å². The van der Waals surface area contributed by atoms with Crippen molar-refractivity contribution in [2.75, 3.05) is 6.54 Å². The van der Waals surface area contributed by atoms with Crippen LogP contribution in [0.1, 0.15) is 25.7 Å². The molecule has 0 radical (unpaired) electrons. The second kappa shape index (κ2) is 5.48. The number of hydrogen-bond donors (Lipinski definition) is 2. The van der Waals surface area contributed by atoms with Crippen molar-refractivity contribution in [2.24, 2.45) is 0 Å². The molecule has 2 rings (SSSR count). The van der Waals surface area contributed by atoms with Gasteiger partial charge in [-0.1, -0.05) is 5.21 Å². The second-order valence-corrected chi connectivity index (χ2v) is 4.05.